The molecule has 21 heavy (non-hydrogen) atoms. The van der Waals surface area contributed by atoms with E-state index < -0.39 is 5.97 Å². The van der Waals surface area contributed by atoms with Crippen LogP contribution < -0.4 is 16.0 Å². The lowest BCUT2D eigenvalue weighted by atomic mass is 10.1. The number of nitrogens with one attached hydrogen (secondary N) is 3. The molecule has 0 atom stereocenters. The molecule has 0 spiro atoms. The Hall–Kier alpha value is -2.57. The zero-order valence-corrected chi connectivity index (χ0v) is 11.8. The predicted octanol–water partition coefficient (Wildman–Crippen LogP) is 0.710. The quantitative estimate of drug-likeness (QED) is 0.594. The summed E-state index contributed by atoms with van der Waals surface area (Å²) >= 11 is 0. The summed E-state index contributed by atoms with van der Waals surface area (Å²) in [6.07, 6.45) is 0.231. The Bertz CT molecular complexity index is 499. The van der Waals surface area contributed by atoms with E-state index in [4.69, 9.17) is 5.11 Å². The second-order valence-corrected chi connectivity index (χ2v) is 4.32. The van der Waals surface area contributed by atoms with Gasteiger partial charge in [-0.05, 0) is 24.6 Å². The van der Waals surface area contributed by atoms with Crippen LogP contribution in [0.4, 0.5) is 4.79 Å². The molecule has 0 aliphatic heterocycles. The molecule has 1 aromatic rings. The van der Waals surface area contributed by atoms with Crippen molar-refractivity contribution in [1.29, 1.82) is 0 Å². The maximum absolute atomic E-state index is 11.5. The van der Waals surface area contributed by atoms with Crippen molar-refractivity contribution in [2.75, 3.05) is 13.1 Å². The van der Waals surface area contributed by atoms with Gasteiger partial charge in [0.1, 0.15) is 0 Å². The Kier molecular flexibility index (Phi) is 6.73. The molecule has 7 nitrogen and oxygen atoms in total. The summed E-state index contributed by atoms with van der Waals surface area (Å²) in [6, 6.07) is 5.86. The fourth-order valence-corrected chi connectivity index (χ4v) is 1.59. The molecule has 1 aromatic carbocycles. The molecule has 114 valence electrons. The molecule has 1 rings (SSSR count). The first-order chi connectivity index (χ1) is 10.0. The highest BCUT2D eigenvalue weighted by Crippen LogP contribution is 2.03. The SMILES string of the molecule is CCNC(=O)CCNC(=O)NCc1ccc(C(=O)O)cc1. The standard InChI is InChI=1S/C14H19N3O4/c1-2-15-12(18)7-8-16-14(21)17-9-10-3-5-11(6-4-10)13(19)20/h3-6H,2,7-9H2,1H3,(H,15,18)(H,19,20)(H2,16,17,21). The molecule has 0 aliphatic carbocycles. The van der Waals surface area contributed by atoms with Crippen molar-refractivity contribution >= 4 is 17.9 Å². The van der Waals surface area contributed by atoms with Gasteiger partial charge in [-0.15, -0.1) is 0 Å². The summed E-state index contributed by atoms with van der Waals surface area (Å²) in [6.45, 7) is 2.94. The van der Waals surface area contributed by atoms with E-state index in [2.05, 4.69) is 16.0 Å². The maximum Gasteiger partial charge on any atom is 0.335 e. The number of benzene rings is 1. The van der Waals surface area contributed by atoms with Crippen molar-refractivity contribution in [3.05, 3.63) is 35.4 Å². The van der Waals surface area contributed by atoms with Crippen molar-refractivity contribution < 1.29 is 19.5 Å². The Morgan fingerprint density at radius 3 is 2.29 bits per heavy atom. The molecule has 0 unspecified atom stereocenters. The molecular weight excluding hydrogens is 274 g/mol. The van der Waals surface area contributed by atoms with Gasteiger partial charge in [0.15, 0.2) is 0 Å². The number of rotatable bonds is 7. The third-order valence-corrected chi connectivity index (χ3v) is 2.67. The Morgan fingerprint density at radius 2 is 1.71 bits per heavy atom. The number of aromatic carboxylic acids is 1. The van der Waals surface area contributed by atoms with Gasteiger partial charge in [0.25, 0.3) is 0 Å². The zero-order valence-electron chi connectivity index (χ0n) is 11.8. The van der Waals surface area contributed by atoms with Gasteiger partial charge in [-0.2, -0.15) is 0 Å². The Balaban J connectivity index is 2.26. The number of carbonyl (C=O) groups excluding carboxylic acids is 2. The van der Waals surface area contributed by atoms with Crippen LogP contribution in [-0.4, -0.2) is 36.1 Å². The van der Waals surface area contributed by atoms with Crippen molar-refractivity contribution in [1.82, 2.24) is 16.0 Å². The summed E-state index contributed by atoms with van der Waals surface area (Å²) in [7, 11) is 0. The predicted molar refractivity (Wildman–Crippen MR) is 76.9 cm³/mol. The topological polar surface area (TPSA) is 108 Å². The van der Waals surface area contributed by atoms with Crippen LogP contribution in [0.15, 0.2) is 24.3 Å². The summed E-state index contributed by atoms with van der Waals surface area (Å²) in [5, 5.41) is 16.6. The fraction of sp³-hybridized carbons (Fsp3) is 0.357. The highest BCUT2D eigenvalue weighted by Gasteiger charge is 2.04. The lowest BCUT2D eigenvalue weighted by Gasteiger charge is -2.08. The van der Waals surface area contributed by atoms with E-state index in [9.17, 15) is 14.4 Å². The Labute approximate surface area is 122 Å². The van der Waals surface area contributed by atoms with E-state index in [1.54, 1.807) is 12.1 Å². The van der Waals surface area contributed by atoms with Gasteiger partial charge in [0.2, 0.25) is 5.91 Å². The van der Waals surface area contributed by atoms with Gasteiger partial charge >= 0.3 is 12.0 Å². The van der Waals surface area contributed by atoms with Gasteiger partial charge in [-0.3, -0.25) is 4.79 Å². The number of hydrogen-bond acceptors (Lipinski definition) is 3. The summed E-state index contributed by atoms with van der Waals surface area (Å²) < 4.78 is 0. The van der Waals surface area contributed by atoms with Crippen LogP contribution in [0.1, 0.15) is 29.3 Å². The first-order valence-corrected chi connectivity index (χ1v) is 6.63. The van der Waals surface area contributed by atoms with Gasteiger partial charge in [0.05, 0.1) is 5.56 Å². The molecule has 0 fully saturated rings. The minimum absolute atomic E-state index is 0.109. The van der Waals surface area contributed by atoms with Crippen LogP contribution in [0.25, 0.3) is 0 Å². The number of carbonyl (C=O) groups is 3. The van der Waals surface area contributed by atoms with E-state index in [1.165, 1.54) is 12.1 Å². The monoisotopic (exact) mass is 293 g/mol. The first kappa shape index (κ1) is 16.5. The average molecular weight is 293 g/mol. The molecule has 0 bridgehead atoms. The van der Waals surface area contributed by atoms with Crippen LogP contribution in [0.5, 0.6) is 0 Å². The first-order valence-electron chi connectivity index (χ1n) is 6.63. The fourth-order valence-electron chi connectivity index (χ4n) is 1.59. The number of carboxylic acids is 1. The number of carboxylic acid groups (broad SMARTS) is 1. The van der Waals surface area contributed by atoms with Gasteiger partial charge < -0.3 is 21.1 Å². The minimum Gasteiger partial charge on any atom is -0.478 e. The molecule has 0 saturated carbocycles. The lowest BCUT2D eigenvalue weighted by molar-refractivity contribution is -0.120. The molecule has 0 saturated heterocycles. The number of amides is 3. The van der Waals surface area contributed by atoms with E-state index in [-0.39, 0.29) is 37.0 Å². The number of urea groups is 1. The van der Waals surface area contributed by atoms with E-state index in [1.807, 2.05) is 6.92 Å². The van der Waals surface area contributed by atoms with Gasteiger partial charge in [0, 0.05) is 26.1 Å². The molecular formula is C14H19N3O4. The lowest BCUT2D eigenvalue weighted by Crippen LogP contribution is -2.37. The van der Waals surface area contributed by atoms with Crippen molar-refractivity contribution in [2.24, 2.45) is 0 Å². The maximum atomic E-state index is 11.5. The van der Waals surface area contributed by atoms with Crippen molar-refractivity contribution in [3.63, 3.8) is 0 Å². The van der Waals surface area contributed by atoms with Crippen molar-refractivity contribution in [3.8, 4) is 0 Å². The second-order valence-electron chi connectivity index (χ2n) is 4.32. The van der Waals surface area contributed by atoms with Crippen molar-refractivity contribution in [2.45, 2.75) is 19.9 Å². The van der Waals surface area contributed by atoms with Crippen LogP contribution >= 0.6 is 0 Å². The molecule has 0 aromatic heterocycles. The molecule has 0 radical (unpaired) electrons. The third kappa shape index (κ3) is 6.42. The summed E-state index contributed by atoms with van der Waals surface area (Å²) in [5.41, 5.74) is 0.990. The molecule has 3 amide bonds. The third-order valence-electron chi connectivity index (χ3n) is 2.67. The van der Waals surface area contributed by atoms with E-state index in [0.717, 1.165) is 5.56 Å². The second kappa shape index (κ2) is 8.57. The Morgan fingerprint density at radius 1 is 1.05 bits per heavy atom. The number of hydrogen-bond donors (Lipinski definition) is 4. The molecule has 0 aliphatic rings. The largest absolute Gasteiger partial charge is 0.478 e. The zero-order chi connectivity index (χ0) is 15.7. The minimum atomic E-state index is -0.988. The smallest absolute Gasteiger partial charge is 0.335 e. The van der Waals surface area contributed by atoms with Gasteiger partial charge in [-0.25, -0.2) is 9.59 Å². The van der Waals surface area contributed by atoms with E-state index >= 15 is 0 Å². The van der Waals surface area contributed by atoms with Gasteiger partial charge in [-0.1, -0.05) is 12.1 Å². The summed E-state index contributed by atoms with van der Waals surface area (Å²) in [4.78, 5) is 33.3. The van der Waals surface area contributed by atoms with Crippen LogP contribution in [0.3, 0.4) is 0 Å². The molecule has 4 N–H and O–H groups in total. The molecule has 7 heteroatoms. The van der Waals surface area contributed by atoms with Crippen LogP contribution in [0, 0.1) is 0 Å². The highest BCUT2D eigenvalue weighted by atomic mass is 16.4. The summed E-state index contributed by atoms with van der Waals surface area (Å²) in [5.74, 6) is -1.10. The van der Waals surface area contributed by atoms with Crippen LogP contribution in [0.2, 0.25) is 0 Å². The highest BCUT2D eigenvalue weighted by molar-refractivity contribution is 5.87. The molecule has 0 heterocycles. The average Bonchev–Trinajstić information content (AvgIpc) is 2.46. The normalized spacial score (nSPS) is 9.76. The van der Waals surface area contributed by atoms with Crippen LogP contribution in [-0.2, 0) is 11.3 Å². The van der Waals surface area contributed by atoms with E-state index in [0.29, 0.717) is 6.54 Å².